The first-order valence-corrected chi connectivity index (χ1v) is 6.37. The molecular weight excluding hydrogens is 278 g/mol. The van der Waals surface area contributed by atoms with Crippen LogP contribution in [0, 0.1) is 6.92 Å². The standard InChI is InChI=1S/C15H16F2N2O2/c1-10-6-7-12(9-18-10)19-8-11-4-3-5-13(20-2)14(11)21-15(16)17/h3-7,9,15,19H,8H2,1-2H3. The van der Waals surface area contributed by atoms with Crippen LogP contribution < -0.4 is 14.8 Å². The van der Waals surface area contributed by atoms with Crippen molar-refractivity contribution in [2.24, 2.45) is 0 Å². The monoisotopic (exact) mass is 294 g/mol. The van der Waals surface area contributed by atoms with E-state index in [0.29, 0.717) is 12.1 Å². The maximum absolute atomic E-state index is 12.5. The summed E-state index contributed by atoms with van der Waals surface area (Å²) in [6.07, 6.45) is 1.68. The quantitative estimate of drug-likeness (QED) is 0.884. The fraction of sp³-hybridized carbons (Fsp3) is 0.267. The molecule has 6 heteroatoms. The molecule has 0 aliphatic rings. The van der Waals surface area contributed by atoms with Gasteiger partial charge >= 0.3 is 6.61 Å². The molecule has 2 rings (SSSR count). The summed E-state index contributed by atoms with van der Waals surface area (Å²) < 4.78 is 34.6. The van der Waals surface area contributed by atoms with Crippen molar-refractivity contribution in [3.05, 3.63) is 47.8 Å². The molecule has 1 aromatic carbocycles. The Bertz CT molecular complexity index is 589. The Morgan fingerprint density at radius 3 is 2.67 bits per heavy atom. The highest BCUT2D eigenvalue weighted by atomic mass is 19.3. The predicted octanol–water partition coefficient (Wildman–Crippen LogP) is 3.61. The van der Waals surface area contributed by atoms with E-state index in [9.17, 15) is 8.78 Å². The van der Waals surface area contributed by atoms with Crippen LogP contribution in [0.1, 0.15) is 11.3 Å². The van der Waals surface area contributed by atoms with Crippen molar-refractivity contribution in [2.75, 3.05) is 12.4 Å². The van der Waals surface area contributed by atoms with Crippen LogP contribution in [0.15, 0.2) is 36.5 Å². The van der Waals surface area contributed by atoms with Crippen molar-refractivity contribution in [1.29, 1.82) is 0 Å². The fourth-order valence-electron chi connectivity index (χ4n) is 1.85. The first-order valence-electron chi connectivity index (χ1n) is 6.37. The minimum absolute atomic E-state index is 0.0440. The van der Waals surface area contributed by atoms with Gasteiger partial charge in [0.25, 0.3) is 0 Å². The van der Waals surface area contributed by atoms with Crippen LogP contribution in [0.2, 0.25) is 0 Å². The highest BCUT2D eigenvalue weighted by Crippen LogP contribution is 2.32. The van der Waals surface area contributed by atoms with Crippen LogP contribution in [0.25, 0.3) is 0 Å². The normalized spacial score (nSPS) is 10.5. The van der Waals surface area contributed by atoms with Gasteiger partial charge in [-0.1, -0.05) is 12.1 Å². The first kappa shape index (κ1) is 15.0. The van der Waals surface area contributed by atoms with E-state index in [1.54, 1.807) is 24.4 Å². The Kier molecular flexibility index (Phi) is 4.92. The van der Waals surface area contributed by atoms with E-state index in [2.05, 4.69) is 15.0 Å². The van der Waals surface area contributed by atoms with Gasteiger partial charge in [0.1, 0.15) is 0 Å². The number of pyridine rings is 1. The fourth-order valence-corrected chi connectivity index (χ4v) is 1.85. The maximum Gasteiger partial charge on any atom is 0.387 e. The number of hydrogen-bond acceptors (Lipinski definition) is 4. The highest BCUT2D eigenvalue weighted by Gasteiger charge is 2.15. The lowest BCUT2D eigenvalue weighted by Gasteiger charge is -2.15. The molecule has 0 saturated heterocycles. The topological polar surface area (TPSA) is 43.4 Å². The van der Waals surface area contributed by atoms with Crippen LogP contribution in [0.3, 0.4) is 0 Å². The Labute approximate surface area is 121 Å². The van der Waals surface area contributed by atoms with E-state index >= 15 is 0 Å². The number of benzene rings is 1. The molecule has 0 aliphatic carbocycles. The molecular formula is C15H16F2N2O2. The highest BCUT2D eigenvalue weighted by molar-refractivity contribution is 5.49. The molecule has 0 aliphatic heterocycles. The second-order valence-corrected chi connectivity index (χ2v) is 4.37. The molecule has 0 unspecified atom stereocenters. The molecule has 1 N–H and O–H groups in total. The molecule has 2 aromatic rings. The summed E-state index contributed by atoms with van der Waals surface area (Å²) in [6.45, 7) is -0.689. The second-order valence-electron chi connectivity index (χ2n) is 4.37. The van der Waals surface area contributed by atoms with Gasteiger partial charge < -0.3 is 14.8 Å². The van der Waals surface area contributed by atoms with Crippen molar-refractivity contribution in [1.82, 2.24) is 4.98 Å². The van der Waals surface area contributed by atoms with Crippen molar-refractivity contribution in [2.45, 2.75) is 20.1 Å². The van der Waals surface area contributed by atoms with Gasteiger partial charge in [-0.3, -0.25) is 4.98 Å². The molecule has 21 heavy (non-hydrogen) atoms. The number of alkyl halides is 2. The molecule has 0 amide bonds. The molecule has 0 bridgehead atoms. The summed E-state index contributed by atoms with van der Waals surface area (Å²) >= 11 is 0. The number of hydrogen-bond donors (Lipinski definition) is 1. The van der Waals surface area contributed by atoms with Gasteiger partial charge in [0.05, 0.1) is 19.0 Å². The summed E-state index contributed by atoms with van der Waals surface area (Å²) in [6, 6.07) is 8.74. The number of nitrogens with zero attached hydrogens (tertiary/aromatic N) is 1. The molecule has 1 aromatic heterocycles. The van der Waals surface area contributed by atoms with Gasteiger partial charge in [0, 0.05) is 17.8 Å². The number of anilines is 1. The summed E-state index contributed by atoms with van der Waals surface area (Å²) in [5.41, 5.74) is 2.28. The summed E-state index contributed by atoms with van der Waals surface area (Å²) in [4.78, 5) is 4.16. The van der Waals surface area contributed by atoms with Crippen molar-refractivity contribution >= 4 is 5.69 Å². The summed E-state index contributed by atoms with van der Waals surface area (Å²) in [5.74, 6) is 0.319. The SMILES string of the molecule is COc1cccc(CNc2ccc(C)nc2)c1OC(F)F. The van der Waals surface area contributed by atoms with E-state index in [1.807, 2.05) is 19.1 Å². The van der Waals surface area contributed by atoms with Crippen LogP contribution in [-0.2, 0) is 6.54 Å². The van der Waals surface area contributed by atoms with E-state index in [4.69, 9.17) is 4.74 Å². The number of halogens is 2. The second kappa shape index (κ2) is 6.88. The van der Waals surface area contributed by atoms with Gasteiger partial charge in [-0.25, -0.2) is 0 Å². The maximum atomic E-state index is 12.5. The van der Waals surface area contributed by atoms with Crippen LogP contribution in [0.5, 0.6) is 11.5 Å². The van der Waals surface area contributed by atoms with Crippen LogP contribution in [0.4, 0.5) is 14.5 Å². The largest absolute Gasteiger partial charge is 0.493 e. The van der Waals surface area contributed by atoms with E-state index < -0.39 is 6.61 Å². The zero-order valence-corrected chi connectivity index (χ0v) is 11.8. The molecule has 0 saturated carbocycles. The summed E-state index contributed by atoms with van der Waals surface area (Å²) in [5, 5.41) is 3.11. The average molecular weight is 294 g/mol. The third-order valence-corrected chi connectivity index (χ3v) is 2.88. The van der Waals surface area contributed by atoms with Gasteiger partial charge in [0.15, 0.2) is 11.5 Å². The molecule has 0 radical (unpaired) electrons. The minimum atomic E-state index is -2.90. The van der Waals surface area contributed by atoms with Gasteiger partial charge in [-0.2, -0.15) is 8.78 Å². The number of ether oxygens (including phenoxy) is 2. The first-order chi connectivity index (χ1) is 10.1. The number of rotatable bonds is 6. The zero-order chi connectivity index (χ0) is 15.2. The Morgan fingerprint density at radius 1 is 1.24 bits per heavy atom. The van der Waals surface area contributed by atoms with Crippen LogP contribution >= 0.6 is 0 Å². The molecule has 0 atom stereocenters. The molecule has 4 nitrogen and oxygen atoms in total. The van der Waals surface area contributed by atoms with E-state index in [0.717, 1.165) is 11.4 Å². The lowest BCUT2D eigenvalue weighted by Crippen LogP contribution is -2.08. The smallest absolute Gasteiger partial charge is 0.387 e. The molecule has 0 spiro atoms. The van der Waals surface area contributed by atoms with Crippen molar-refractivity contribution < 1.29 is 18.3 Å². The minimum Gasteiger partial charge on any atom is -0.493 e. The Balaban J connectivity index is 2.16. The van der Waals surface area contributed by atoms with Crippen molar-refractivity contribution in [3.8, 4) is 11.5 Å². The lowest BCUT2D eigenvalue weighted by molar-refractivity contribution is -0.0517. The third-order valence-electron chi connectivity index (χ3n) is 2.88. The van der Waals surface area contributed by atoms with E-state index in [-0.39, 0.29) is 11.5 Å². The number of methoxy groups -OCH3 is 1. The number of nitrogens with one attached hydrogen (secondary N) is 1. The molecule has 0 fully saturated rings. The third kappa shape index (κ3) is 4.05. The zero-order valence-electron chi connectivity index (χ0n) is 11.8. The van der Waals surface area contributed by atoms with Gasteiger partial charge in [-0.15, -0.1) is 0 Å². The Morgan fingerprint density at radius 2 is 2.05 bits per heavy atom. The average Bonchev–Trinajstić information content (AvgIpc) is 2.47. The number of aromatic nitrogens is 1. The van der Waals surface area contributed by atoms with Crippen LogP contribution in [-0.4, -0.2) is 18.7 Å². The molecule has 1 heterocycles. The number of para-hydroxylation sites is 1. The Hall–Kier alpha value is -2.37. The predicted molar refractivity (Wildman–Crippen MR) is 75.9 cm³/mol. The summed E-state index contributed by atoms with van der Waals surface area (Å²) in [7, 11) is 1.41. The van der Waals surface area contributed by atoms with Crippen molar-refractivity contribution in [3.63, 3.8) is 0 Å². The van der Waals surface area contributed by atoms with Gasteiger partial charge in [-0.05, 0) is 25.1 Å². The van der Waals surface area contributed by atoms with E-state index in [1.165, 1.54) is 7.11 Å². The number of aryl methyl sites for hydroxylation is 1. The molecule has 112 valence electrons. The lowest BCUT2D eigenvalue weighted by atomic mass is 10.2. The van der Waals surface area contributed by atoms with Gasteiger partial charge in [0.2, 0.25) is 0 Å².